The lowest BCUT2D eigenvalue weighted by molar-refractivity contribution is 0.262. The molecule has 0 aliphatic heterocycles. The minimum Gasteiger partial charge on any atom is -0.308 e. The maximum Gasteiger partial charge on any atom is 0.325 e. The number of aromatic nitrogens is 1. The van der Waals surface area contributed by atoms with Gasteiger partial charge in [-0.15, -0.1) is 11.3 Å². The molecule has 0 saturated heterocycles. The molecular formula is C17H14ClN3OS. The van der Waals surface area contributed by atoms with Gasteiger partial charge in [0.25, 0.3) is 0 Å². The highest BCUT2D eigenvalue weighted by Crippen LogP contribution is 2.26. The minimum atomic E-state index is -0.314. The van der Waals surface area contributed by atoms with Crippen LogP contribution in [0.2, 0.25) is 5.02 Å². The summed E-state index contributed by atoms with van der Waals surface area (Å²) in [5.41, 5.74) is 3.64. The SMILES string of the molecule is Cc1ccc(NC(=O)Nc2nc(-c3ccc(Cl)cc3)cs2)cc1. The van der Waals surface area contributed by atoms with Crippen LogP contribution in [0, 0.1) is 6.92 Å². The van der Waals surface area contributed by atoms with Crippen LogP contribution in [0.25, 0.3) is 11.3 Å². The zero-order chi connectivity index (χ0) is 16.2. The Morgan fingerprint density at radius 3 is 2.43 bits per heavy atom. The molecule has 116 valence electrons. The van der Waals surface area contributed by atoms with Crippen molar-refractivity contribution in [3.63, 3.8) is 0 Å². The van der Waals surface area contributed by atoms with Gasteiger partial charge in [-0.2, -0.15) is 0 Å². The van der Waals surface area contributed by atoms with Gasteiger partial charge in [-0.05, 0) is 31.2 Å². The summed E-state index contributed by atoms with van der Waals surface area (Å²) in [6.07, 6.45) is 0. The van der Waals surface area contributed by atoms with Crippen LogP contribution in [-0.4, -0.2) is 11.0 Å². The number of aryl methyl sites for hydroxylation is 1. The third kappa shape index (κ3) is 4.09. The van der Waals surface area contributed by atoms with Crippen molar-refractivity contribution in [2.45, 2.75) is 6.92 Å². The second-order valence-electron chi connectivity index (χ2n) is 4.99. The monoisotopic (exact) mass is 343 g/mol. The molecule has 4 nitrogen and oxygen atoms in total. The van der Waals surface area contributed by atoms with Crippen molar-refractivity contribution in [2.24, 2.45) is 0 Å². The lowest BCUT2D eigenvalue weighted by atomic mass is 10.2. The molecule has 0 unspecified atom stereocenters. The topological polar surface area (TPSA) is 54.0 Å². The number of hydrogen-bond donors (Lipinski definition) is 2. The molecule has 0 fully saturated rings. The summed E-state index contributed by atoms with van der Waals surface area (Å²) in [6, 6.07) is 14.7. The fourth-order valence-electron chi connectivity index (χ4n) is 1.98. The van der Waals surface area contributed by atoms with Crippen molar-refractivity contribution in [1.82, 2.24) is 4.98 Å². The van der Waals surface area contributed by atoms with E-state index >= 15 is 0 Å². The zero-order valence-electron chi connectivity index (χ0n) is 12.3. The third-order valence-corrected chi connectivity index (χ3v) is 4.18. The Morgan fingerprint density at radius 1 is 1.04 bits per heavy atom. The van der Waals surface area contributed by atoms with Crippen LogP contribution in [0.1, 0.15) is 5.56 Å². The first-order valence-corrected chi connectivity index (χ1v) is 8.22. The summed E-state index contributed by atoms with van der Waals surface area (Å²) in [7, 11) is 0. The minimum absolute atomic E-state index is 0.314. The highest BCUT2D eigenvalue weighted by molar-refractivity contribution is 7.14. The number of nitrogens with zero attached hydrogens (tertiary/aromatic N) is 1. The van der Waals surface area contributed by atoms with Crippen molar-refractivity contribution < 1.29 is 4.79 Å². The predicted octanol–water partition coefficient (Wildman–Crippen LogP) is 5.42. The zero-order valence-corrected chi connectivity index (χ0v) is 13.9. The summed E-state index contributed by atoms with van der Waals surface area (Å²) in [4.78, 5) is 16.4. The summed E-state index contributed by atoms with van der Waals surface area (Å²) < 4.78 is 0. The van der Waals surface area contributed by atoms with E-state index < -0.39 is 0 Å². The number of anilines is 2. The molecule has 2 aromatic carbocycles. The normalized spacial score (nSPS) is 10.3. The molecule has 1 heterocycles. The van der Waals surface area contributed by atoms with E-state index in [-0.39, 0.29) is 6.03 Å². The standard InChI is InChI=1S/C17H14ClN3OS/c1-11-2-8-14(9-3-11)19-16(22)21-17-20-15(10-23-17)12-4-6-13(18)7-5-12/h2-10H,1H3,(H2,19,20,21,22). The Hall–Kier alpha value is -2.37. The largest absolute Gasteiger partial charge is 0.325 e. The van der Waals surface area contributed by atoms with Crippen LogP contribution >= 0.6 is 22.9 Å². The second kappa shape index (κ2) is 6.81. The van der Waals surface area contributed by atoms with E-state index in [2.05, 4.69) is 15.6 Å². The molecule has 3 aromatic rings. The van der Waals surface area contributed by atoms with Gasteiger partial charge in [0.2, 0.25) is 0 Å². The van der Waals surface area contributed by atoms with Gasteiger partial charge < -0.3 is 5.32 Å². The van der Waals surface area contributed by atoms with Gasteiger partial charge in [-0.3, -0.25) is 5.32 Å². The molecule has 0 aliphatic carbocycles. The molecular weight excluding hydrogens is 330 g/mol. The van der Waals surface area contributed by atoms with Crippen LogP contribution in [-0.2, 0) is 0 Å². The lowest BCUT2D eigenvalue weighted by Crippen LogP contribution is -2.19. The number of carbonyl (C=O) groups excluding carboxylic acids is 1. The van der Waals surface area contributed by atoms with Gasteiger partial charge in [0.05, 0.1) is 5.69 Å². The van der Waals surface area contributed by atoms with E-state index in [9.17, 15) is 4.79 Å². The molecule has 6 heteroatoms. The quantitative estimate of drug-likeness (QED) is 0.667. The molecule has 1 aromatic heterocycles. The van der Waals surface area contributed by atoms with Crippen LogP contribution in [0.3, 0.4) is 0 Å². The first-order chi connectivity index (χ1) is 11.1. The van der Waals surface area contributed by atoms with E-state index in [4.69, 9.17) is 11.6 Å². The Morgan fingerprint density at radius 2 is 1.74 bits per heavy atom. The fraction of sp³-hybridized carbons (Fsp3) is 0.0588. The average molecular weight is 344 g/mol. The summed E-state index contributed by atoms with van der Waals surface area (Å²) >= 11 is 7.25. The Labute approximate surface area is 143 Å². The number of thiazole rings is 1. The average Bonchev–Trinajstić information content (AvgIpc) is 2.98. The van der Waals surface area contributed by atoms with Crippen LogP contribution in [0.5, 0.6) is 0 Å². The molecule has 2 N–H and O–H groups in total. The van der Waals surface area contributed by atoms with Crippen LogP contribution in [0.15, 0.2) is 53.9 Å². The number of carbonyl (C=O) groups is 1. The number of hydrogen-bond acceptors (Lipinski definition) is 3. The van der Waals surface area contributed by atoms with Crippen molar-refractivity contribution in [1.29, 1.82) is 0 Å². The summed E-state index contributed by atoms with van der Waals surface area (Å²) in [5.74, 6) is 0. The van der Waals surface area contributed by atoms with Crippen molar-refractivity contribution in [3.05, 3.63) is 64.5 Å². The summed E-state index contributed by atoms with van der Waals surface area (Å²) in [6.45, 7) is 2.00. The number of nitrogens with one attached hydrogen (secondary N) is 2. The van der Waals surface area contributed by atoms with Gasteiger partial charge in [0.1, 0.15) is 0 Å². The summed E-state index contributed by atoms with van der Waals surface area (Å²) in [5, 5.41) is 8.63. The van der Waals surface area contributed by atoms with Gasteiger partial charge in [-0.25, -0.2) is 9.78 Å². The van der Waals surface area contributed by atoms with Gasteiger partial charge in [0.15, 0.2) is 5.13 Å². The van der Waals surface area contributed by atoms with Gasteiger partial charge >= 0.3 is 6.03 Å². The third-order valence-electron chi connectivity index (χ3n) is 3.17. The first kappa shape index (κ1) is 15.5. The van der Waals surface area contributed by atoms with Crippen molar-refractivity contribution in [3.8, 4) is 11.3 Å². The molecule has 0 radical (unpaired) electrons. The second-order valence-corrected chi connectivity index (χ2v) is 6.28. The first-order valence-electron chi connectivity index (χ1n) is 6.96. The predicted molar refractivity (Wildman–Crippen MR) is 96.4 cm³/mol. The highest BCUT2D eigenvalue weighted by atomic mass is 35.5. The fourth-order valence-corrected chi connectivity index (χ4v) is 2.82. The van der Waals surface area contributed by atoms with Crippen LogP contribution in [0.4, 0.5) is 15.6 Å². The van der Waals surface area contributed by atoms with Crippen molar-refractivity contribution in [2.75, 3.05) is 10.6 Å². The van der Waals surface area contributed by atoms with E-state index in [0.29, 0.717) is 10.2 Å². The van der Waals surface area contributed by atoms with Gasteiger partial charge in [-0.1, -0.05) is 41.4 Å². The molecule has 0 aliphatic rings. The molecule has 0 saturated carbocycles. The van der Waals surface area contributed by atoms with Crippen LogP contribution < -0.4 is 10.6 Å². The number of benzene rings is 2. The van der Waals surface area contributed by atoms with Gasteiger partial charge in [0, 0.05) is 21.7 Å². The lowest BCUT2D eigenvalue weighted by Gasteiger charge is -2.05. The maximum atomic E-state index is 12.0. The van der Waals surface area contributed by atoms with E-state index in [1.807, 2.05) is 60.8 Å². The molecule has 23 heavy (non-hydrogen) atoms. The number of urea groups is 1. The Balaban J connectivity index is 1.65. The molecule has 3 rings (SSSR count). The smallest absolute Gasteiger partial charge is 0.308 e. The van der Waals surface area contributed by atoms with E-state index in [0.717, 1.165) is 22.5 Å². The van der Waals surface area contributed by atoms with Crippen molar-refractivity contribution >= 4 is 39.8 Å². The van der Waals surface area contributed by atoms with E-state index in [1.165, 1.54) is 11.3 Å². The molecule has 0 spiro atoms. The number of rotatable bonds is 3. The van der Waals surface area contributed by atoms with E-state index in [1.54, 1.807) is 0 Å². The molecule has 0 atom stereocenters. The number of halogens is 1. The molecule has 2 amide bonds. The highest BCUT2D eigenvalue weighted by Gasteiger charge is 2.08. The maximum absolute atomic E-state index is 12.0. The molecule has 0 bridgehead atoms. The Bertz CT molecular complexity index is 813. The Kier molecular flexibility index (Phi) is 4.60. The number of amides is 2.